The van der Waals surface area contributed by atoms with Crippen LogP contribution in [-0.4, -0.2) is 67.2 Å². The van der Waals surface area contributed by atoms with Crippen molar-refractivity contribution in [1.29, 1.82) is 0 Å². The van der Waals surface area contributed by atoms with Crippen LogP contribution in [0, 0.1) is 5.41 Å². The normalized spacial score (nSPS) is 24.0. The first-order chi connectivity index (χ1) is 25.0. The lowest BCUT2D eigenvalue weighted by Gasteiger charge is -2.46. The van der Waals surface area contributed by atoms with Crippen molar-refractivity contribution in [2.75, 3.05) is 26.8 Å². The maximum absolute atomic E-state index is 14.9. The Morgan fingerprint density at radius 3 is 2.50 bits per heavy atom. The summed E-state index contributed by atoms with van der Waals surface area (Å²) >= 11 is 1.18. The second-order valence-corrected chi connectivity index (χ2v) is 17.9. The first-order valence-corrected chi connectivity index (χ1v) is 20.7. The maximum Gasteiger partial charge on any atom is 0.252 e. The molecule has 1 saturated carbocycles. The van der Waals surface area contributed by atoms with Gasteiger partial charge in [-0.2, -0.15) is 4.31 Å². The van der Waals surface area contributed by atoms with Gasteiger partial charge in [-0.3, -0.25) is 4.79 Å². The molecule has 7 nitrogen and oxygen atoms in total. The molecule has 0 saturated heterocycles. The standard InChI is InChI=1S/C43H51NO6S2/c1-31-12-9-23-42(2)39(22-24-43(42,47)30-44(25-11-26-50-3)52(48,49)40-17-10-27-51-40)36-21-19-32(28-34(45)20-18-31)29-38(36)41(46)37-16-8-7-15-35(37)33-13-5-4-6-14-33/h4-8,10,12-17,19,21,27,29,34,39,45,47H,9,11,18,20,22-26,28,30H2,1-3H3. The van der Waals surface area contributed by atoms with Crippen LogP contribution in [0.2, 0.25) is 0 Å². The highest BCUT2D eigenvalue weighted by atomic mass is 32.2. The Bertz CT molecular complexity index is 1980. The number of nitrogens with zero attached hydrogens (tertiary/aromatic N) is 1. The third-order valence-electron chi connectivity index (χ3n) is 11.5. The van der Waals surface area contributed by atoms with Crippen LogP contribution >= 0.6 is 11.3 Å². The molecule has 4 aromatic rings. The van der Waals surface area contributed by atoms with Gasteiger partial charge in [0.05, 0.1) is 11.7 Å². The number of ether oxygens (including phenoxy) is 1. The molecule has 1 heterocycles. The summed E-state index contributed by atoms with van der Waals surface area (Å²) in [7, 11) is -2.28. The molecule has 3 aliphatic rings. The molecule has 4 atom stereocenters. The summed E-state index contributed by atoms with van der Waals surface area (Å²) in [4.78, 5) is 14.9. The number of hydrogen-bond acceptors (Lipinski definition) is 7. The van der Waals surface area contributed by atoms with E-state index in [0.29, 0.717) is 62.7 Å². The van der Waals surface area contributed by atoms with Gasteiger partial charge in [0, 0.05) is 43.3 Å². The SMILES string of the molecule is COCCCN(CC1(O)CCC2c3ccc(cc3C(=O)c3ccccc3-c3ccccc3)CC(O)CCC(C)=CCCC21C)S(=O)(=O)c1cccs1. The molecule has 52 heavy (non-hydrogen) atoms. The quantitative estimate of drug-likeness (QED) is 0.0910. The predicted octanol–water partition coefficient (Wildman–Crippen LogP) is 8.41. The number of methoxy groups -OCH3 is 1. The van der Waals surface area contributed by atoms with E-state index in [0.717, 1.165) is 28.7 Å². The third kappa shape index (κ3) is 7.91. The minimum atomic E-state index is -3.88. The van der Waals surface area contributed by atoms with Crippen molar-refractivity contribution in [3.05, 3.63) is 124 Å². The van der Waals surface area contributed by atoms with Crippen molar-refractivity contribution in [3.8, 4) is 11.1 Å². The summed E-state index contributed by atoms with van der Waals surface area (Å²) in [5.41, 5.74) is 3.71. The minimum Gasteiger partial charge on any atom is -0.393 e. The van der Waals surface area contributed by atoms with E-state index in [9.17, 15) is 23.4 Å². The van der Waals surface area contributed by atoms with Gasteiger partial charge in [0.2, 0.25) is 0 Å². The molecule has 9 heteroatoms. The molecule has 0 amide bonds. The molecule has 3 aliphatic carbocycles. The number of allylic oxidation sites excluding steroid dienone is 2. The second-order valence-electron chi connectivity index (χ2n) is 14.8. The average Bonchev–Trinajstić information content (AvgIpc) is 3.78. The summed E-state index contributed by atoms with van der Waals surface area (Å²) < 4.78 is 35.2. The molecule has 3 aromatic carbocycles. The zero-order valence-electron chi connectivity index (χ0n) is 30.5. The summed E-state index contributed by atoms with van der Waals surface area (Å²) in [6, 6.07) is 26.9. The van der Waals surface area contributed by atoms with Crippen LogP contribution in [0.3, 0.4) is 0 Å². The number of ketones is 1. The molecule has 7 rings (SSSR count). The summed E-state index contributed by atoms with van der Waals surface area (Å²) in [6.07, 6.45) is 6.15. The van der Waals surface area contributed by atoms with Crippen molar-refractivity contribution in [2.24, 2.45) is 5.41 Å². The molecule has 0 spiro atoms. The molecular weight excluding hydrogens is 691 g/mol. The number of aliphatic hydroxyl groups is 2. The van der Waals surface area contributed by atoms with Crippen LogP contribution in [0.25, 0.3) is 11.1 Å². The average molecular weight is 742 g/mol. The number of sulfonamides is 1. The Morgan fingerprint density at radius 2 is 1.75 bits per heavy atom. The fourth-order valence-corrected chi connectivity index (χ4v) is 11.1. The van der Waals surface area contributed by atoms with Crippen LogP contribution in [0.5, 0.6) is 0 Å². The van der Waals surface area contributed by atoms with Crippen LogP contribution in [0.15, 0.2) is 106 Å². The fourth-order valence-electron chi connectivity index (χ4n) is 8.39. The van der Waals surface area contributed by atoms with Gasteiger partial charge in [0.15, 0.2) is 5.78 Å². The van der Waals surface area contributed by atoms with Crippen LogP contribution < -0.4 is 0 Å². The number of fused-ring (bicyclic) bond motifs is 8. The minimum absolute atomic E-state index is 0.0585. The lowest BCUT2D eigenvalue weighted by molar-refractivity contribution is -0.0727. The van der Waals surface area contributed by atoms with E-state index in [-0.39, 0.29) is 29.0 Å². The molecule has 1 fully saturated rings. The van der Waals surface area contributed by atoms with E-state index in [1.54, 1.807) is 24.6 Å². The fraction of sp³-hybridized carbons (Fsp3) is 0.419. The number of rotatable bonds is 11. The zero-order valence-corrected chi connectivity index (χ0v) is 32.1. The Hall–Kier alpha value is -3.44. The smallest absolute Gasteiger partial charge is 0.252 e. The first-order valence-electron chi connectivity index (χ1n) is 18.4. The van der Waals surface area contributed by atoms with Crippen molar-refractivity contribution in [3.63, 3.8) is 0 Å². The number of thiophene rings is 1. The van der Waals surface area contributed by atoms with Gasteiger partial charge < -0.3 is 14.9 Å². The highest BCUT2D eigenvalue weighted by Gasteiger charge is 2.58. The summed E-state index contributed by atoms with van der Waals surface area (Å²) in [5.74, 6) is -0.339. The summed E-state index contributed by atoms with van der Waals surface area (Å²) in [6.45, 7) is 4.73. The molecule has 2 N–H and O–H groups in total. The molecule has 276 valence electrons. The van der Waals surface area contributed by atoms with Gasteiger partial charge in [0.25, 0.3) is 10.0 Å². The zero-order chi connectivity index (χ0) is 36.9. The van der Waals surface area contributed by atoms with Gasteiger partial charge in [-0.05, 0) is 104 Å². The molecule has 1 aromatic heterocycles. The molecule has 0 radical (unpaired) electrons. The second kappa shape index (κ2) is 16.3. The largest absolute Gasteiger partial charge is 0.393 e. The molecule has 2 bridgehead atoms. The van der Waals surface area contributed by atoms with Crippen molar-refractivity contribution < 1.29 is 28.2 Å². The predicted molar refractivity (Wildman–Crippen MR) is 208 cm³/mol. The molecular formula is C43H51NO6S2. The van der Waals surface area contributed by atoms with Crippen molar-refractivity contribution in [1.82, 2.24) is 4.31 Å². The van der Waals surface area contributed by atoms with Crippen molar-refractivity contribution >= 4 is 27.1 Å². The van der Waals surface area contributed by atoms with Gasteiger partial charge >= 0.3 is 0 Å². The number of carbonyl (C=O) groups is 1. The van der Waals surface area contributed by atoms with Gasteiger partial charge in [0.1, 0.15) is 4.21 Å². The number of aliphatic hydroxyl groups excluding tert-OH is 1. The lowest BCUT2D eigenvalue weighted by Crippen LogP contribution is -2.54. The monoisotopic (exact) mass is 741 g/mol. The van der Waals surface area contributed by atoms with Gasteiger partial charge in [-0.15, -0.1) is 11.3 Å². The third-order valence-corrected chi connectivity index (χ3v) is 14.7. The maximum atomic E-state index is 14.9. The number of hydrogen-bond donors (Lipinski definition) is 2. The van der Waals surface area contributed by atoms with E-state index in [4.69, 9.17) is 4.74 Å². The summed E-state index contributed by atoms with van der Waals surface area (Å²) in [5, 5.41) is 25.8. The molecule has 4 unspecified atom stereocenters. The highest BCUT2D eigenvalue weighted by molar-refractivity contribution is 7.91. The van der Waals surface area contributed by atoms with Crippen LogP contribution in [0.4, 0.5) is 0 Å². The van der Waals surface area contributed by atoms with Crippen molar-refractivity contribution in [2.45, 2.75) is 87.0 Å². The Balaban J connectivity index is 1.47. The Labute approximate surface area is 313 Å². The van der Waals surface area contributed by atoms with Gasteiger partial charge in [-0.1, -0.05) is 91.4 Å². The topological polar surface area (TPSA) is 104 Å². The van der Waals surface area contributed by atoms with E-state index in [2.05, 4.69) is 19.9 Å². The van der Waals surface area contributed by atoms with Crippen LogP contribution in [0.1, 0.15) is 91.8 Å². The lowest BCUT2D eigenvalue weighted by atomic mass is 9.64. The van der Waals surface area contributed by atoms with Crippen LogP contribution in [-0.2, 0) is 21.2 Å². The van der Waals surface area contributed by atoms with E-state index in [1.165, 1.54) is 21.2 Å². The van der Waals surface area contributed by atoms with E-state index < -0.39 is 27.1 Å². The first kappa shape index (κ1) is 38.3. The Kier molecular flexibility index (Phi) is 12.0. The number of benzene rings is 3. The van der Waals surface area contributed by atoms with Gasteiger partial charge in [-0.25, -0.2) is 8.42 Å². The Morgan fingerprint density at radius 1 is 0.981 bits per heavy atom. The highest BCUT2D eigenvalue weighted by Crippen LogP contribution is 2.59. The number of carbonyl (C=O) groups excluding carboxylic acids is 1. The van der Waals surface area contributed by atoms with E-state index >= 15 is 0 Å². The molecule has 0 aliphatic heterocycles. The van der Waals surface area contributed by atoms with E-state index in [1.807, 2.05) is 72.8 Å².